The maximum Gasteiger partial charge on any atom is 0.150 e. The van der Waals surface area contributed by atoms with E-state index < -0.39 is 0 Å². The molecule has 7 nitrogen and oxygen atoms in total. The number of pyridine rings is 3. The Balaban J connectivity index is 0.000000172. The Kier molecular flexibility index (Phi) is 7.65. The van der Waals surface area contributed by atoms with E-state index in [0.717, 1.165) is 40.1 Å². The molecule has 2 N–H and O–H groups in total. The Bertz CT molecular complexity index is 1400. The van der Waals surface area contributed by atoms with Crippen molar-refractivity contribution < 1.29 is 9.53 Å². The summed E-state index contributed by atoms with van der Waals surface area (Å²) in [4.78, 5) is 23.0. The van der Waals surface area contributed by atoms with Crippen LogP contribution in [0.15, 0.2) is 97.6 Å². The number of fused-ring (bicyclic) bond motifs is 1. The van der Waals surface area contributed by atoms with E-state index in [0.29, 0.717) is 16.8 Å². The van der Waals surface area contributed by atoms with Gasteiger partial charge in [0.05, 0.1) is 11.7 Å². The van der Waals surface area contributed by atoms with Gasteiger partial charge in [0.1, 0.15) is 31.4 Å². The van der Waals surface area contributed by atoms with Crippen LogP contribution in [0.4, 0.5) is 17.2 Å². The Labute approximate surface area is 204 Å². The quantitative estimate of drug-likeness (QED) is 0.276. The Morgan fingerprint density at radius 1 is 0.857 bits per heavy atom. The van der Waals surface area contributed by atoms with Crippen LogP contribution in [-0.4, -0.2) is 36.1 Å². The molecule has 0 amide bonds. The van der Waals surface area contributed by atoms with E-state index in [-0.39, 0.29) is 0 Å². The lowest BCUT2D eigenvalue weighted by Crippen LogP contribution is -2.02. The fraction of sp³-hybridized carbons (Fsp3) is 0.0370. The Morgan fingerprint density at radius 3 is 2.34 bits per heavy atom. The van der Waals surface area contributed by atoms with E-state index in [1.165, 1.54) is 0 Å². The number of nitrogens with zero attached hydrogens (tertiary/aromatic N) is 3. The van der Waals surface area contributed by atoms with Gasteiger partial charge in [0.25, 0.3) is 0 Å². The minimum absolute atomic E-state index is 0.652. The van der Waals surface area contributed by atoms with Crippen molar-refractivity contribution in [3.63, 3.8) is 0 Å². The van der Waals surface area contributed by atoms with Crippen LogP contribution in [-0.2, 0) is 0 Å². The molecule has 35 heavy (non-hydrogen) atoms. The molecule has 0 atom stereocenters. The Morgan fingerprint density at radius 2 is 1.66 bits per heavy atom. The molecular weight excluding hydrogens is 437 g/mol. The Hall–Kier alpha value is -4.72. The topological polar surface area (TPSA) is 89.0 Å². The molecule has 3 heterocycles. The first kappa shape index (κ1) is 23.4. The van der Waals surface area contributed by atoms with Gasteiger partial charge in [-0.1, -0.05) is 17.6 Å². The summed E-state index contributed by atoms with van der Waals surface area (Å²) in [6.45, 7) is 0. The zero-order valence-corrected chi connectivity index (χ0v) is 19.1. The molecule has 0 aliphatic carbocycles. The van der Waals surface area contributed by atoms with Gasteiger partial charge in [0, 0.05) is 48.0 Å². The molecule has 0 bridgehead atoms. The third kappa shape index (κ3) is 6.42. The summed E-state index contributed by atoms with van der Waals surface area (Å²) in [5.41, 5.74) is 4.07. The molecule has 0 aliphatic heterocycles. The number of rotatable bonds is 6. The van der Waals surface area contributed by atoms with Crippen LogP contribution in [0.2, 0.25) is 0 Å². The van der Waals surface area contributed by atoms with Crippen molar-refractivity contribution in [2.75, 3.05) is 17.7 Å². The van der Waals surface area contributed by atoms with Crippen molar-refractivity contribution >= 4 is 47.7 Å². The minimum Gasteiger partial charge on any atom is -0.456 e. The molecule has 0 fully saturated rings. The molecule has 5 aromatic rings. The van der Waals surface area contributed by atoms with Crippen molar-refractivity contribution in [2.45, 2.75) is 0 Å². The maximum absolute atomic E-state index is 10.6. The van der Waals surface area contributed by atoms with Gasteiger partial charge in [-0.3, -0.25) is 14.8 Å². The molecule has 0 spiro atoms. The first-order valence-electron chi connectivity index (χ1n) is 10.8. The summed E-state index contributed by atoms with van der Waals surface area (Å²) < 4.78 is 5.55. The fourth-order valence-corrected chi connectivity index (χ4v) is 3.20. The second kappa shape index (κ2) is 11.4. The molecule has 0 unspecified atom stereocenters. The van der Waals surface area contributed by atoms with Crippen LogP contribution in [0.25, 0.3) is 10.9 Å². The average Bonchev–Trinajstić information content (AvgIpc) is 2.91. The molecule has 3 aromatic heterocycles. The predicted molar refractivity (Wildman–Crippen MR) is 140 cm³/mol. The largest absolute Gasteiger partial charge is 0.456 e. The van der Waals surface area contributed by atoms with Crippen molar-refractivity contribution in [1.82, 2.24) is 15.0 Å². The van der Waals surface area contributed by atoms with E-state index in [2.05, 4.69) is 25.6 Å². The van der Waals surface area contributed by atoms with Gasteiger partial charge in [0.2, 0.25) is 0 Å². The van der Waals surface area contributed by atoms with Crippen LogP contribution in [0, 0.1) is 0 Å². The van der Waals surface area contributed by atoms with E-state index in [9.17, 15) is 4.79 Å². The summed E-state index contributed by atoms with van der Waals surface area (Å²) in [7, 11) is 7.65. The average molecular weight is 459 g/mol. The second-order valence-electron chi connectivity index (χ2n) is 7.41. The fourth-order valence-electron chi connectivity index (χ4n) is 3.20. The number of ether oxygens (including phenoxy) is 1. The number of aldehydes is 1. The van der Waals surface area contributed by atoms with Gasteiger partial charge in [-0.2, -0.15) is 0 Å². The molecule has 8 heteroatoms. The first-order valence-corrected chi connectivity index (χ1v) is 10.8. The highest BCUT2D eigenvalue weighted by molar-refractivity contribution is 6.33. The van der Waals surface area contributed by atoms with Gasteiger partial charge in [-0.15, -0.1) is 0 Å². The highest BCUT2D eigenvalue weighted by Crippen LogP contribution is 2.24. The minimum atomic E-state index is 0.652. The normalized spacial score (nSPS) is 10.1. The number of nitrogens with one attached hydrogen (secondary N) is 2. The lowest BCUT2D eigenvalue weighted by molar-refractivity contribution is 0.112. The zero-order chi connectivity index (χ0) is 24.5. The lowest BCUT2D eigenvalue weighted by Gasteiger charge is -2.10. The third-order valence-corrected chi connectivity index (χ3v) is 4.97. The smallest absolute Gasteiger partial charge is 0.150 e. The monoisotopic (exact) mass is 459 g/mol. The number of hydrogen-bond donors (Lipinski definition) is 2. The van der Waals surface area contributed by atoms with Gasteiger partial charge < -0.3 is 15.4 Å². The van der Waals surface area contributed by atoms with Crippen molar-refractivity contribution in [1.29, 1.82) is 0 Å². The number of carbonyl (C=O) groups is 1. The molecule has 2 aromatic carbocycles. The molecule has 0 saturated heterocycles. The van der Waals surface area contributed by atoms with E-state index in [1.807, 2.05) is 55.6 Å². The maximum atomic E-state index is 10.6. The summed E-state index contributed by atoms with van der Waals surface area (Å²) in [6, 6.07) is 22.1. The predicted octanol–water partition coefficient (Wildman–Crippen LogP) is 4.90. The van der Waals surface area contributed by atoms with Crippen LogP contribution in [0.1, 0.15) is 10.4 Å². The number of aromatic nitrogens is 3. The molecular formula is C27H22BN5O2. The third-order valence-electron chi connectivity index (χ3n) is 4.97. The number of hydrogen-bond acceptors (Lipinski definition) is 7. The summed E-state index contributed by atoms with van der Waals surface area (Å²) in [6.07, 6.45) is 7.62. The molecule has 0 saturated carbocycles. The highest BCUT2D eigenvalue weighted by atomic mass is 16.5. The summed E-state index contributed by atoms with van der Waals surface area (Å²) in [5.74, 6) is 2.28. The number of anilines is 3. The highest BCUT2D eigenvalue weighted by Gasteiger charge is 2.03. The summed E-state index contributed by atoms with van der Waals surface area (Å²) >= 11 is 0. The van der Waals surface area contributed by atoms with Crippen molar-refractivity contribution in [3.8, 4) is 11.5 Å². The first-order chi connectivity index (χ1) is 17.1. The van der Waals surface area contributed by atoms with Gasteiger partial charge in [-0.05, 0) is 60.7 Å². The number of benzene rings is 2. The SMILES string of the molecule is CNc1ccc(Oc2ccncc2)cn1.[B]c1ccc2nccc(Nc3ccc(C=O)cc3)c2c1. The second-order valence-corrected chi connectivity index (χ2v) is 7.41. The summed E-state index contributed by atoms with van der Waals surface area (Å²) in [5, 5.41) is 7.22. The number of carbonyl (C=O) groups excluding carboxylic acids is 1. The van der Waals surface area contributed by atoms with E-state index in [4.69, 9.17) is 12.6 Å². The van der Waals surface area contributed by atoms with Gasteiger partial charge in [-0.25, -0.2) is 4.98 Å². The van der Waals surface area contributed by atoms with Gasteiger partial charge >= 0.3 is 0 Å². The van der Waals surface area contributed by atoms with Crippen LogP contribution >= 0.6 is 0 Å². The van der Waals surface area contributed by atoms with E-state index in [1.54, 1.807) is 49.1 Å². The van der Waals surface area contributed by atoms with Crippen LogP contribution in [0.3, 0.4) is 0 Å². The molecule has 170 valence electrons. The zero-order valence-electron chi connectivity index (χ0n) is 19.1. The van der Waals surface area contributed by atoms with Gasteiger partial charge in [0.15, 0.2) is 0 Å². The van der Waals surface area contributed by atoms with Crippen molar-refractivity contribution in [3.05, 3.63) is 103 Å². The van der Waals surface area contributed by atoms with Crippen LogP contribution in [0.5, 0.6) is 11.5 Å². The standard InChI is InChI=1S/C16H11BN2O.C11H11N3O/c17-12-3-6-15-14(9-12)16(7-8-18-15)19-13-4-1-11(10-20)2-5-13;1-12-11-3-2-10(8-14-11)15-9-4-6-13-7-5-9/h1-10H,(H,18,19);2-8H,1H3,(H,12,14). The van der Waals surface area contributed by atoms with Crippen molar-refractivity contribution in [2.24, 2.45) is 0 Å². The molecule has 0 aliphatic rings. The molecule has 5 rings (SSSR count). The van der Waals surface area contributed by atoms with Crippen LogP contribution < -0.4 is 20.8 Å². The molecule has 2 radical (unpaired) electrons. The lowest BCUT2D eigenvalue weighted by atomic mass is 9.94. The van der Waals surface area contributed by atoms with E-state index >= 15 is 0 Å².